The Labute approximate surface area is 184 Å². The number of nitrogens with one attached hydrogen (secondary N) is 1. The molecule has 3 aromatic carbocycles. The summed E-state index contributed by atoms with van der Waals surface area (Å²) in [6, 6.07) is 21.5. The van der Waals surface area contributed by atoms with Crippen LogP contribution in [0.3, 0.4) is 0 Å². The van der Waals surface area contributed by atoms with Crippen molar-refractivity contribution in [2.24, 2.45) is 0 Å². The second-order valence-electron chi connectivity index (χ2n) is 6.50. The van der Waals surface area contributed by atoms with Gasteiger partial charge in [-0.05, 0) is 48.0 Å². The van der Waals surface area contributed by atoms with E-state index in [2.05, 4.69) is 5.32 Å². The highest BCUT2D eigenvalue weighted by atomic mass is 32.2. The van der Waals surface area contributed by atoms with E-state index in [0.717, 1.165) is 11.3 Å². The van der Waals surface area contributed by atoms with Crippen LogP contribution in [0.1, 0.15) is 36.6 Å². The van der Waals surface area contributed by atoms with Crippen molar-refractivity contribution < 1.29 is 23.9 Å². The van der Waals surface area contributed by atoms with Crippen molar-refractivity contribution in [3.8, 4) is 0 Å². The lowest BCUT2D eigenvalue weighted by atomic mass is 10.1. The molecule has 31 heavy (non-hydrogen) atoms. The number of thioether (sulfide) groups is 1. The van der Waals surface area contributed by atoms with Crippen LogP contribution in [0.25, 0.3) is 0 Å². The fourth-order valence-corrected chi connectivity index (χ4v) is 3.69. The maximum absolute atomic E-state index is 12.7. The quantitative estimate of drug-likeness (QED) is 0.424. The Balaban J connectivity index is 1.74. The molecule has 0 atom stereocenters. The second-order valence-corrected chi connectivity index (χ2v) is 7.55. The average molecular weight is 436 g/mol. The molecule has 7 heteroatoms. The van der Waals surface area contributed by atoms with Gasteiger partial charge in [0.1, 0.15) is 0 Å². The largest absolute Gasteiger partial charge is 0.465 e. The van der Waals surface area contributed by atoms with Crippen molar-refractivity contribution in [3.63, 3.8) is 0 Å². The Bertz CT molecular complexity index is 1080. The third-order valence-electron chi connectivity index (χ3n) is 4.46. The first-order chi connectivity index (χ1) is 15.0. The van der Waals surface area contributed by atoms with Gasteiger partial charge in [-0.2, -0.15) is 0 Å². The predicted octanol–water partition coefficient (Wildman–Crippen LogP) is 4.80. The fraction of sp³-hybridized carbons (Fsp3) is 0.125. The third-order valence-corrected chi connectivity index (χ3v) is 5.54. The minimum atomic E-state index is -0.625. The monoisotopic (exact) mass is 435 g/mol. The number of hydrogen-bond donors (Lipinski definition) is 1. The maximum atomic E-state index is 12.7. The number of carbonyl (C=O) groups is 3. The normalized spacial score (nSPS) is 10.3. The Morgan fingerprint density at radius 3 is 2.10 bits per heavy atom. The minimum absolute atomic E-state index is 0.138. The van der Waals surface area contributed by atoms with E-state index in [4.69, 9.17) is 9.47 Å². The van der Waals surface area contributed by atoms with Gasteiger partial charge < -0.3 is 14.8 Å². The summed E-state index contributed by atoms with van der Waals surface area (Å²) >= 11 is 1.71. The highest BCUT2D eigenvalue weighted by Crippen LogP contribution is 2.23. The van der Waals surface area contributed by atoms with Gasteiger partial charge in [-0.25, -0.2) is 9.59 Å². The summed E-state index contributed by atoms with van der Waals surface area (Å²) in [5, 5.41) is 2.69. The smallest absolute Gasteiger partial charge is 0.339 e. The molecule has 0 aliphatic carbocycles. The summed E-state index contributed by atoms with van der Waals surface area (Å²) in [7, 11) is 2.50. The number of esters is 2. The van der Waals surface area contributed by atoms with Crippen molar-refractivity contribution in [2.45, 2.75) is 10.6 Å². The lowest BCUT2D eigenvalue weighted by Crippen LogP contribution is -2.16. The number of anilines is 1. The molecule has 0 aliphatic heterocycles. The van der Waals surface area contributed by atoms with Gasteiger partial charge in [0.15, 0.2) is 0 Å². The van der Waals surface area contributed by atoms with Crippen LogP contribution in [0.15, 0.2) is 77.7 Å². The van der Waals surface area contributed by atoms with Crippen LogP contribution in [0.2, 0.25) is 0 Å². The van der Waals surface area contributed by atoms with E-state index in [9.17, 15) is 14.4 Å². The molecule has 0 aromatic heterocycles. The molecule has 0 radical (unpaired) electrons. The SMILES string of the molecule is COC(=O)c1ccc(C(=O)OC)c(NC(=O)c2ccc(CSc3ccccc3)cc2)c1. The summed E-state index contributed by atoms with van der Waals surface area (Å²) in [4.78, 5) is 37.8. The highest BCUT2D eigenvalue weighted by Gasteiger charge is 2.18. The minimum Gasteiger partial charge on any atom is -0.465 e. The van der Waals surface area contributed by atoms with Crippen LogP contribution >= 0.6 is 11.8 Å². The number of hydrogen-bond acceptors (Lipinski definition) is 6. The standard InChI is InChI=1S/C24H21NO5S/c1-29-23(27)18-12-13-20(24(28)30-2)21(14-18)25-22(26)17-10-8-16(9-11-17)15-31-19-6-4-3-5-7-19/h3-14H,15H2,1-2H3,(H,25,26). The van der Waals surface area contributed by atoms with Gasteiger partial charge in [-0.1, -0.05) is 30.3 Å². The zero-order valence-electron chi connectivity index (χ0n) is 17.1. The Morgan fingerprint density at radius 1 is 0.806 bits per heavy atom. The summed E-state index contributed by atoms with van der Waals surface area (Å²) in [6.07, 6.45) is 0. The number of carbonyl (C=O) groups excluding carboxylic acids is 3. The first kappa shape index (κ1) is 22.1. The third kappa shape index (κ3) is 5.73. The van der Waals surface area contributed by atoms with Gasteiger partial charge >= 0.3 is 11.9 Å². The molecule has 1 N–H and O–H groups in total. The topological polar surface area (TPSA) is 81.7 Å². The zero-order chi connectivity index (χ0) is 22.2. The van der Waals surface area contributed by atoms with Crippen LogP contribution < -0.4 is 5.32 Å². The van der Waals surface area contributed by atoms with Gasteiger partial charge in [0.2, 0.25) is 0 Å². The van der Waals surface area contributed by atoms with Crippen molar-refractivity contribution >= 4 is 35.3 Å². The first-order valence-corrected chi connectivity index (χ1v) is 10.4. The zero-order valence-corrected chi connectivity index (χ0v) is 17.9. The van der Waals surface area contributed by atoms with Gasteiger partial charge in [-0.3, -0.25) is 4.79 Å². The summed E-state index contributed by atoms with van der Waals surface area (Å²) in [5.41, 5.74) is 2.02. The van der Waals surface area contributed by atoms with Crippen molar-refractivity contribution in [1.82, 2.24) is 0 Å². The van der Waals surface area contributed by atoms with Gasteiger partial charge in [0, 0.05) is 16.2 Å². The van der Waals surface area contributed by atoms with E-state index in [1.807, 2.05) is 42.5 Å². The molecule has 0 aliphatic rings. The van der Waals surface area contributed by atoms with Crippen LogP contribution in [0.5, 0.6) is 0 Å². The molecule has 0 unspecified atom stereocenters. The van der Waals surface area contributed by atoms with Crippen LogP contribution in [-0.4, -0.2) is 32.1 Å². The van der Waals surface area contributed by atoms with E-state index < -0.39 is 17.8 Å². The van der Waals surface area contributed by atoms with E-state index in [-0.39, 0.29) is 16.8 Å². The van der Waals surface area contributed by atoms with Gasteiger partial charge in [-0.15, -0.1) is 11.8 Å². The molecule has 0 saturated carbocycles. The van der Waals surface area contributed by atoms with Crippen molar-refractivity contribution in [3.05, 3.63) is 95.1 Å². The summed E-state index contributed by atoms with van der Waals surface area (Å²) < 4.78 is 9.47. The molecule has 3 aromatic rings. The number of methoxy groups -OCH3 is 2. The molecule has 0 saturated heterocycles. The molecule has 158 valence electrons. The number of amides is 1. The average Bonchev–Trinajstić information content (AvgIpc) is 2.82. The molecular formula is C24H21NO5S. The summed E-state index contributed by atoms with van der Waals surface area (Å²) in [6.45, 7) is 0. The van der Waals surface area contributed by atoms with Crippen LogP contribution in [-0.2, 0) is 15.2 Å². The summed E-state index contributed by atoms with van der Waals surface area (Å²) in [5.74, 6) is -0.832. The molecular weight excluding hydrogens is 414 g/mol. The lowest BCUT2D eigenvalue weighted by molar-refractivity contribution is 0.0587. The Kier molecular flexibility index (Phi) is 7.45. The molecule has 0 heterocycles. The molecule has 1 amide bonds. The van der Waals surface area contributed by atoms with E-state index >= 15 is 0 Å². The molecule has 0 bridgehead atoms. The van der Waals surface area contributed by atoms with Crippen LogP contribution in [0, 0.1) is 0 Å². The van der Waals surface area contributed by atoms with Crippen LogP contribution in [0.4, 0.5) is 5.69 Å². The Morgan fingerprint density at radius 2 is 1.45 bits per heavy atom. The number of rotatable bonds is 7. The van der Waals surface area contributed by atoms with Gasteiger partial charge in [0.25, 0.3) is 5.91 Å². The number of ether oxygens (including phenoxy) is 2. The molecule has 0 fully saturated rings. The van der Waals surface area contributed by atoms with E-state index in [0.29, 0.717) is 5.56 Å². The first-order valence-electron chi connectivity index (χ1n) is 9.40. The van der Waals surface area contributed by atoms with Crippen molar-refractivity contribution in [1.29, 1.82) is 0 Å². The highest BCUT2D eigenvalue weighted by molar-refractivity contribution is 7.98. The maximum Gasteiger partial charge on any atom is 0.339 e. The number of benzene rings is 3. The fourth-order valence-electron chi connectivity index (χ4n) is 2.81. The lowest BCUT2D eigenvalue weighted by Gasteiger charge is -2.12. The predicted molar refractivity (Wildman–Crippen MR) is 120 cm³/mol. The molecule has 6 nitrogen and oxygen atoms in total. The Hall–Kier alpha value is -3.58. The van der Waals surface area contributed by atoms with E-state index in [1.165, 1.54) is 37.3 Å². The second kappa shape index (κ2) is 10.4. The molecule has 0 spiro atoms. The van der Waals surface area contributed by atoms with Crippen molar-refractivity contribution in [2.75, 3.05) is 19.5 Å². The van der Waals surface area contributed by atoms with Gasteiger partial charge in [0.05, 0.1) is 31.0 Å². The van der Waals surface area contributed by atoms with E-state index in [1.54, 1.807) is 23.9 Å². The molecule has 3 rings (SSSR count).